The highest BCUT2D eigenvalue weighted by Crippen LogP contribution is 2.29. The number of hydrogen-bond acceptors (Lipinski definition) is 6. The van der Waals surface area contributed by atoms with Crippen molar-refractivity contribution in [2.75, 3.05) is 19.8 Å². The van der Waals surface area contributed by atoms with Crippen LogP contribution in [0.25, 0.3) is 10.9 Å². The molecule has 0 amide bonds. The van der Waals surface area contributed by atoms with Gasteiger partial charge in [-0.2, -0.15) is 0 Å². The standard InChI is InChI=1S/C27H27FN2O4/c28-20-8-11-26-25(15-20)27(12-13-29-26)34-24-9-6-19(7-10-24)14-21(17-31)30-16-22(32)18-33-23-4-2-1-3-5-23/h1-13,15,21-22,30-32H,14,16-18H2/t21?,22-/m0/s1. The smallest absolute Gasteiger partial charge is 0.138 e. The van der Waals surface area contributed by atoms with Gasteiger partial charge in [0.25, 0.3) is 0 Å². The summed E-state index contributed by atoms with van der Waals surface area (Å²) in [5, 5.41) is 23.7. The number of ether oxygens (including phenoxy) is 2. The lowest BCUT2D eigenvalue weighted by atomic mass is 10.1. The van der Waals surface area contributed by atoms with Gasteiger partial charge in [0, 0.05) is 24.2 Å². The van der Waals surface area contributed by atoms with E-state index in [-0.39, 0.29) is 25.1 Å². The summed E-state index contributed by atoms with van der Waals surface area (Å²) in [6.07, 6.45) is 1.50. The van der Waals surface area contributed by atoms with Crippen LogP contribution in [-0.4, -0.2) is 47.1 Å². The lowest BCUT2D eigenvalue weighted by molar-refractivity contribution is 0.0997. The molecule has 0 bridgehead atoms. The van der Waals surface area contributed by atoms with Gasteiger partial charge < -0.3 is 25.0 Å². The van der Waals surface area contributed by atoms with Gasteiger partial charge in [0.15, 0.2) is 0 Å². The van der Waals surface area contributed by atoms with E-state index in [9.17, 15) is 14.6 Å². The molecule has 4 rings (SSSR count). The average Bonchev–Trinajstić information content (AvgIpc) is 2.87. The summed E-state index contributed by atoms with van der Waals surface area (Å²) in [6, 6.07) is 22.7. The summed E-state index contributed by atoms with van der Waals surface area (Å²) in [5.41, 5.74) is 1.66. The van der Waals surface area contributed by atoms with Crippen molar-refractivity contribution in [3.8, 4) is 17.2 Å². The van der Waals surface area contributed by atoms with Crippen molar-refractivity contribution < 1.29 is 24.1 Å². The van der Waals surface area contributed by atoms with E-state index in [0.29, 0.717) is 41.1 Å². The number of rotatable bonds is 11. The number of para-hydroxylation sites is 1. The van der Waals surface area contributed by atoms with E-state index in [0.717, 1.165) is 5.56 Å². The normalized spacial score (nSPS) is 12.9. The predicted molar refractivity (Wildman–Crippen MR) is 129 cm³/mol. The number of nitrogens with zero attached hydrogens (tertiary/aromatic N) is 1. The van der Waals surface area contributed by atoms with E-state index in [1.165, 1.54) is 12.1 Å². The molecule has 1 aromatic heterocycles. The fourth-order valence-electron chi connectivity index (χ4n) is 3.56. The van der Waals surface area contributed by atoms with Gasteiger partial charge in [-0.3, -0.25) is 4.98 Å². The van der Waals surface area contributed by atoms with Crippen LogP contribution in [0.2, 0.25) is 0 Å². The number of hydrogen-bond donors (Lipinski definition) is 3. The van der Waals surface area contributed by atoms with Crippen molar-refractivity contribution >= 4 is 10.9 Å². The maximum Gasteiger partial charge on any atom is 0.138 e. The maximum atomic E-state index is 13.7. The van der Waals surface area contributed by atoms with Gasteiger partial charge in [-0.05, 0) is 60.5 Å². The molecule has 0 saturated heterocycles. The molecule has 6 nitrogen and oxygen atoms in total. The van der Waals surface area contributed by atoms with Crippen LogP contribution in [0.5, 0.6) is 17.2 Å². The SMILES string of the molecule is OCC(Cc1ccc(Oc2ccnc3ccc(F)cc23)cc1)NC[C@H](O)COc1ccccc1. The second-order valence-corrected chi connectivity index (χ2v) is 7.99. The van der Waals surface area contributed by atoms with Gasteiger partial charge in [0.1, 0.15) is 35.8 Å². The van der Waals surface area contributed by atoms with E-state index < -0.39 is 6.10 Å². The van der Waals surface area contributed by atoms with Crippen molar-refractivity contribution in [3.63, 3.8) is 0 Å². The van der Waals surface area contributed by atoms with E-state index in [4.69, 9.17) is 9.47 Å². The van der Waals surface area contributed by atoms with Crippen LogP contribution in [0, 0.1) is 5.82 Å². The monoisotopic (exact) mass is 462 g/mol. The Hall–Kier alpha value is -3.52. The molecule has 3 N–H and O–H groups in total. The van der Waals surface area contributed by atoms with Gasteiger partial charge in [-0.25, -0.2) is 4.39 Å². The molecule has 0 aliphatic rings. The van der Waals surface area contributed by atoms with E-state index in [2.05, 4.69) is 10.3 Å². The Kier molecular flexibility index (Phi) is 8.04. The molecule has 7 heteroatoms. The summed E-state index contributed by atoms with van der Waals surface area (Å²) in [7, 11) is 0. The third-order valence-corrected chi connectivity index (χ3v) is 5.34. The minimum atomic E-state index is -0.704. The summed E-state index contributed by atoms with van der Waals surface area (Å²) in [4.78, 5) is 4.23. The Morgan fingerprint density at radius 1 is 0.941 bits per heavy atom. The topological polar surface area (TPSA) is 83.8 Å². The van der Waals surface area contributed by atoms with Crippen molar-refractivity contribution in [3.05, 3.63) is 96.4 Å². The summed E-state index contributed by atoms with van der Waals surface area (Å²) in [6.45, 7) is 0.388. The molecule has 3 aromatic carbocycles. The lowest BCUT2D eigenvalue weighted by Gasteiger charge is -2.19. The van der Waals surface area contributed by atoms with Crippen LogP contribution >= 0.6 is 0 Å². The Morgan fingerprint density at radius 3 is 2.50 bits per heavy atom. The Morgan fingerprint density at radius 2 is 1.74 bits per heavy atom. The number of nitrogens with one attached hydrogen (secondary N) is 1. The molecule has 4 aromatic rings. The van der Waals surface area contributed by atoms with Gasteiger partial charge >= 0.3 is 0 Å². The molecular formula is C27H27FN2O4. The van der Waals surface area contributed by atoms with Crippen LogP contribution in [0.15, 0.2) is 85.1 Å². The molecule has 2 atom stereocenters. The zero-order valence-electron chi connectivity index (χ0n) is 18.6. The maximum absolute atomic E-state index is 13.7. The first kappa shape index (κ1) is 23.6. The van der Waals surface area contributed by atoms with E-state index in [1.807, 2.05) is 54.6 Å². The molecule has 0 fully saturated rings. The zero-order valence-corrected chi connectivity index (χ0v) is 18.6. The number of aromatic nitrogens is 1. The highest BCUT2D eigenvalue weighted by Gasteiger charge is 2.12. The average molecular weight is 463 g/mol. The highest BCUT2D eigenvalue weighted by molar-refractivity contribution is 5.85. The number of pyridine rings is 1. The minimum Gasteiger partial charge on any atom is -0.491 e. The Labute approximate surface area is 197 Å². The number of benzene rings is 3. The summed E-state index contributed by atoms with van der Waals surface area (Å²) < 4.78 is 25.2. The summed E-state index contributed by atoms with van der Waals surface area (Å²) in [5.74, 6) is 1.49. The number of halogens is 1. The van der Waals surface area contributed by atoms with E-state index >= 15 is 0 Å². The molecule has 1 heterocycles. The highest BCUT2D eigenvalue weighted by atomic mass is 19.1. The quantitative estimate of drug-likeness (QED) is 0.311. The molecule has 1 unspecified atom stereocenters. The predicted octanol–water partition coefficient (Wildman–Crippen LogP) is 4.10. The largest absolute Gasteiger partial charge is 0.491 e. The van der Waals surface area contributed by atoms with Crippen molar-refractivity contribution in [1.82, 2.24) is 10.3 Å². The molecule has 176 valence electrons. The van der Waals surface area contributed by atoms with Crippen LogP contribution in [0.4, 0.5) is 4.39 Å². The second kappa shape index (κ2) is 11.6. The molecule has 0 aliphatic heterocycles. The fourth-order valence-corrected chi connectivity index (χ4v) is 3.56. The van der Waals surface area contributed by atoms with Crippen LogP contribution < -0.4 is 14.8 Å². The second-order valence-electron chi connectivity index (χ2n) is 7.99. The van der Waals surface area contributed by atoms with Crippen molar-refractivity contribution in [2.24, 2.45) is 0 Å². The van der Waals surface area contributed by atoms with Gasteiger partial charge in [0.05, 0.1) is 12.1 Å². The van der Waals surface area contributed by atoms with Crippen molar-refractivity contribution in [2.45, 2.75) is 18.6 Å². The molecule has 0 aliphatic carbocycles. The fraction of sp³-hybridized carbons (Fsp3) is 0.222. The van der Waals surface area contributed by atoms with Gasteiger partial charge in [-0.1, -0.05) is 30.3 Å². The number of aliphatic hydroxyl groups excluding tert-OH is 2. The third-order valence-electron chi connectivity index (χ3n) is 5.34. The third kappa shape index (κ3) is 6.51. The van der Waals surface area contributed by atoms with Gasteiger partial charge in [-0.15, -0.1) is 0 Å². The summed E-state index contributed by atoms with van der Waals surface area (Å²) >= 11 is 0. The van der Waals surface area contributed by atoms with Crippen LogP contribution in [0.3, 0.4) is 0 Å². The Balaban J connectivity index is 1.29. The molecule has 34 heavy (non-hydrogen) atoms. The first-order valence-electron chi connectivity index (χ1n) is 11.1. The first-order chi connectivity index (χ1) is 16.6. The van der Waals surface area contributed by atoms with Gasteiger partial charge in [0.2, 0.25) is 0 Å². The number of aliphatic hydroxyl groups is 2. The molecular weight excluding hydrogens is 435 g/mol. The minimum absolute atomic E-state index is 0.0704. The van der Waals surface area contributed by atoms with Crippen molar-refractivity contribution in [1.29, 1.82) is 0 Å². The Bertz CT molecular complexity index is 1190. The van der Waals surface area contributed by atoms with E-state index in [1.54, 1.807) is 18.3 Å². The zero-order chi connectivity index (χ0) is 23.8. The molecule has 0 spiro atoms. The first-order valence-corrected chi connectivity index (χ1v) is 11.1. The van der Waals surface area contributed by atoms with Crippen LogP contribution in [-0.2, 0) is 6.42 Å². The van der Waals surface area contributed by atoms with Crippen LogP contribution in [0.1, 0.15) is 5.56 Å². The number of fused-ring (bicyclic) bond motifs is 1. The molecule has 0 radical (unpaired) electrons. The lowest BCUT2D eigenvalue weighted by Crippen LogP contribution is -2.41. The molecule has 0 saturated carbocycles.